The minimum Gasteiger partial charge on any atom is -0.369 e. The molecular formula is C20H21FN4. The van der Waals surface area contributed by atoms with Gasteiger partial charge < -0.3 is 9.88 Å². The lowest BCUT2D eigenvalue weighted by atomic mass is 10.2. The molecule has 1 saturated heterocycles. The van der Waals surface area contributed by atoms with Gasteiger partial charge in [0.2, 0.25) is 0 Å². The van der Waals surface area contributed by atoms with Crippen LogP contribution in [-0.4, -0.2) is 41.0 Å². The lowest BCUT2D eigenvalue weighted by Crippen LogP contribution is -2.46. The lowest BCUT2D eigenvalue weighted by Gasteiger charge is -2.35. The zero-order valence-electron chi connectivity index (χ0n) is 14.0. The SMILES string of the molecule is Fc1ccc(N2CCN(Cc3cnc(-c4ccccc4)[nH]3)CC2)cc1. The van der Waals surface area contributed by atoms with Crippen LogP contribution in [0.3, 0.4) is 0 Å². The van der Waals surface area contributed by atoms with Gasteiger partial charge in [-0.05, 0) is 24.3 Å². The lowest BCUT2D eigenvalue weighted by molar-refractivity contribution is 0.247. The highest BCUT2D eigenvalue weighted by atomic mass is 19.1. The van der Waals surface area contributed by atoms with Crippen molar-refractivity contribution in [2.24, 2.45) is 0 Å². The fourth-order valence-corrected chi connectivity index (χ4v) is 3.24. The summed E-state index contributed by atoms with van der Waals surface area (Å²) in [5.74, 6) is 0.733. The number of nitrogens with one attached hydrogen (secondary N) is 1. The molecule has 25 heavy (non-hydrogen) atoms. The quantitative estimate of drug-likeness (QED) is 0.791. The molecule has 5 heteroatoms. The molecule has 2 heterocycles. The van der Waals surface area contributed by atoms with E-state index in [-0.39, 0.29) is 5.82 Å². The van der Waals surface area contributed by atoms with Crippen LogP contribution in [0, 0.1) is 5.82 Å². The van der Waals surface area contributed by atoms with Crippen molar-refractivity contribution in [3.05, 3.63) is 72.3 Å². The Kier molecular flexibility index (Phi) is 4.48. The minimum atomic E-state index is -0.184. The van der Waals surface area contributed by atoms with Crippen LogP contribution in [0.1, 0.15) is 5.69 Å². The standard InChI is InChI=1S/C20H21FN4/c21-17-6-8-19(9-7-17)25-12-10-24(11-13-25)15-18-14-22-20(23-18)16-4-2-1-3-5-16/h1-9,14H,10-13,15H2,(H,22,23). The molecule has 1 aliphatic rings. The molecule has 0 bridgehead atoms. The smallest absolute Gasteiger partial charge is 0.137 e. The number of hydrogen-bond acceptors (Lipinski definition) is 3. The first-order chi connectivity index (χ1) is 12.3. The van der Waals surface area contributed by atoms with E-state index in [0.717, 1.165) is 55.5 Å². The predicted molar refractivity (Wildman–Crippen MR) is 97.9 cm³/mol. The predicted octanol–water partition coefficient (Wildman–Crippen LogP) is 3.54. The second kappa shape index (κ2) is 7.07. The number of aromatic nitrogens is 2. The molecule has 0 unspecified atom stereocenters. The highest BCUT2D eigenvalue weighted by Gasteiger charge is 2.18. The first kappa shape index (κ1) is 15.8. The van der Waals surface area contributed by atoms with E-state index < -0.39 is 0 Å². The molecule has 1 fully saturated rings. The second-order valence-electron chi connectivity index (χ2n) is 6.36. The molecule has 1 aromatic heterocycles. The number of benzene rings is 2. The average molecular weight is 336 g/mol. The van der Waals surface area contributed by atoms with Gasteiger partial charge in [-0.25, -0.2) is 9.37 Å². The second-order valence-corrected chi connectivity index (χ2v) is 6.36. The molecule has 1 N–H and O–H groups in total. The van der Waals surface area contributed by atoms with Crippen LogP contribution in [0.4, 0.5) is 10.1 Å². The van der Waals surface area contributed by atoms with E-state index in [1.807, 2.05) is 36.5 Å². The summed E-state index contributed by atoms with van der Waals surface area (Å²) in [5, 5.41) is 0. The molecule has 0 saturated carbocycles. The van der Waals surface area contributed by atoms with Crippen molar-refractivity contribution in [3.8, 4) is 11.4 Å². The Morgan fingerprint density at radius 1 is 0.920 bits per heavy atom. The summed E-state index contributed by atoms with van der Waals surface area (Å²) >= 11 is 0. The van der Waals surface area contributed by atoms with Crippen molar-refractivity contribution in [2.75, 3.05) is 31.1 Å². The zero-order valence-corrected chi connectivity index (χ0v) is 14.0. The largest absolute Gasteiger partial charge is 0.369 e. The van der Waals surface area contributed by atoms with Gasteiger partial charge >= 0.3 is 0 Å². The van der Waals surface area contributed by atoms with Gasteiger partial charge in [0.1, 0.15) is 11.6 Å². The van der Waals surface area contributed by atoms with Crippen molar-refractivity contribution in [3.63, 3.8) is 0 Å². The Morgan fingerprint density at radius 2 is 1.64 bits per heavy atom. The van der Waals surface area contributed by atoms with Gasteiger partial charge in [-0.15, -0.1) is 0 Å². The van der Waals surface area contributed by atoms with E-state index in [1.165, 1.54) is 12.1 Å². The summed E-state index contributed by atoms with van der Waals surface area (Å²) < 4.78 is 13.0. The van der Waals surface area contributed by atoms with Gasteiger partial charge in [-0.2, -0.15) is 0 Å². The summed E-state index contributed by atoms with van der Waals surface area (Å²) in [6.45, 7) is 4.74. The Hall–Kier alpha value is -2.66. The number of aromatic amines is 1. The third-order valence-electron chi connectivity index (χ3n) is 4.63. The Labute approximate surface area is 146 Å². The first-order valence-electron chi connectivity index (χ1n) is 8.60. The normalized spacial score (nSPS) is 15.5. The molecule has 3 aromatic rings. The van der Waals surface area contributed by atoms with Crippen LogP contribution in [0.2, 0.25) is 0 Å². The molecule has 0 amide bonds. The highest BCUT2D eigenvalue weighted by molar-refractivity contribution is 5.54. The van der Waals surface area contributed by atoms with Gasteiger partial charge in [0, 0.05) is 55.9 Å². The van der Waals surface area contributed by atoms with Crippen molar-refractivity contribution < 1.29 is 4.39 Å². The molecule has 0 spiro atoms. The Bertz CT molecular complexity index is 805. The van der Waals surface area contributed by atoms with Gasteiger partial charge in [-0.3, -0.25) is 4.90 Å². The number of H-pyrrole nitrogens is 1. The van der Waals surface area contributed by atoms with Crippen LogP contribution in [-0.2, 0) is 6.54 Å². The first-order valence-corrected chi connectivity index (χ1v) is 8.60. The Morgan fingerprint density at radius 3 is 2.36 bits per heavy atom. The fourth-order valence-electron chi connectivity index (χ4n) is 3.24. The number of imidazole rings is 1. The molecule has 4 nitrogen and oxygen atoms in total. The molecule has 0 aliphatic carbocycles. The van der Waals surface area contributed by atoms with E-state index >= 15 is 0 Å². The van der Waals surface area contributed by atoms with Crippen molar-refractivity contribution in [1.29, 1.82) is 0 Å². The molecule has 0 atom stereocenters. The fraction of sp³-hybridized carbons (Fsp3) is 0.250. The molecular weight excluding hydrogens is 315 g/mol. The number of halogens is 1. The molecule has 4 rings (SSSR count). The van der Waals surface area contributed by atoms with Crippen molar-refractivity contribution in [1.82, 2.24) is 14.9 Å². The van der Waals surface area contributed by atoms with Gasteiger partial charge in [0.25, 0.3) is 0 Å². The molecule has 1 aliphatic heterocycles. The summed E-state index contributed by atoms with van der Waals surface area (Å²) in [6, 6.07) is 16.9. The van der Waals surface area contributed by atoms with E-state index in [9.17, 15) is 4.39 Å². The number of nitrogens with zero attached hydrogens (tertiary/aromatic N) is 3. The maximum Gasteiger partial charge on any atom is 0.137 e. The maximum atomic E-state index is 13.0. The van der Waals surface area contributed by atoms with E-state index in [4.69, 9.17) is 0 Å². The van der Waals surface area contributed by atoms with Crippen molar-refractivity contribution in [2.45, 2.75) is 6.54 Å². The van der Waals surface area contributed by atoms with Crippen LogP contribution in [0.15, 0.2) is 60.8 Å². The van der Waals surface area contributed by atoms with E-state index in [0.29, 0.717) is 0 Å². The number of rotatable bonds is 4. The molecule has 0 radical (unpaired) electrons. The monoisotopic (exact) mass is 336 g/mol. The van der Waals surface area contributed by atoms with Crippen LogP contribution in [0.5, 0.6) is 0 Å². The van der Waals surface area contributed by atoms with Crippen molar-refractivity contribution >= 4 is 5.69 Å². The molecule has 128 valence electrons. The highest BCUT2D eigenvalue weighted by Crippen LogP contribution is 2.19. The summed E-state index contributed by atoms with van der Waals surface area (Å²) in [5.41, 5.74) is 3.33. The third kappa shape index (κ3) is 3.72. The third-order valence-corrected chi connectivity index (χ3v) is 4.63. The van der Waals surface area contributed by atoms with Gasteiger partial charge in [0.15, 0.2) is 0 Å². The average Bonchev–Trinajstić information content (AvgIpc) is 3.12. The Balaban J connectivity index is 1.34. The van der Waals surface area contributed by atoms with E-state index in [2.05, 4.69) is 31.9 Å². The number of anilines is 1. The minimum absolute atomic E-state index is 0.184. The zero-order chi connectivity index (χ0) is 17.1. The topological polar surface area (TPSA) is 35.2 Å². The maximum absolute atomic E-state index is 13.0. The number of hydrogen-bond donors (Lipinski definition) is 1. The van der Waals surface area contributed by atoms with Gasteiger partial charge in [0.05, 0.1) is 0 Å². The van der Waals surface area contributed by atoms with Crippen LogP contribution < -0.4 is 4.90 Å². The summed E-state index contributed by atoms with van der Waals surface area (Å²) in [7, 11) is 0. The molecule has 2 aromatic carbocycles. The number of piperazine rings is 1. The van der Waals surface area contributed by atoms with Crippen LogP contribution in [0.25, 0.3) is 11.4 Å². The van der Waals surface area contributed by atoms with Crippen LogP contribution >= 0.6 is 0 Å². The van der Waals surface area contributed by atoms with Gasteiger partial charge in [-0.1, -0.05) is 30.3 Å². The summed E-state index contributed by atoms with van der Waals surface area (Å²) in [6.07, 6.45) is 1.93. The summed E-state index contributed by atoms with van der Waals surface area (Å²) in [4.78, 5) is 12.6. The van der Waals surface area contributed by atoms with E-state index in [1.54, 1.807) is 0 Å².